The molecular weight excluding hydrogens is 337 g/mol. The van der Waals surface area contributed by atoms with Crippen LogP contribution in [0.5, 0.6) is 0 Å². The molecule has 1 aromatic heterocycles. The van der Waals surface area contributed by atoms with E-state index in [4.69, 9.17) is 23.2 Å². The summed E-state index contributed by atoms with van der Waals surface area (Å²) < 4.78 is 0.864. The van der Waals surface area contributed by atoms with Crippen molar-refractivity contribution in [3.05, 3.63) is 44.7 Å². The third kappa shape index (κ3) is 3.34. The Balaban J connectivity index is 2.30. The molecule has 0 aliphatic heterocycles. The second kappa shape index (κ2) is 5.87. The lowest BCUT2D eigenvalue weighted by molar-refractivity contribution is 0.943. The van der Waals surface area contributed by atoms with Crippen molar-refractivity contribution in [1.82, 2.24) is 9.97 Å². The molecule has 1 aromatic carbocycles. The summed E-state index contributed by atoms with van der Waals surface area (Å²) in [5.41, 5.74) is 0.871. The van der Waals surface area contributed by atoms with Gasteiger partial charge in [-0.1, -0.05) is 30.1 Å². The number of anilines is 2. The third-order valence-electron chi connectivity index (χ3n) is 2.25. The fraction of sp³-hybridized carbons (Fsp3) is 0.167. The molecule has 0 spiro atoms. The predicted molar refractivity (Wildman–Crippen MR) is 78.9 cm³/mol. The standard InChI is InChI=1S/C12H10BrCl2N3/c1-2-11-17-10(15)6-12(18-11)16-9-4-3-7(14)5-8(9)13/h3-6H,2H2,1H3,(H,16,17,18). The van der Waals surface area contributed by atoms with Crippen LogP contribution in [0, 0.1) is 0 Å². The van der Waals surface area contributed by atoms with Gasteiger partial charge in [-0.3, -0.25) is 0 Å². The number of nitrogens with one attached hydrogen (secondary N) is 1. The zero-order chi connectivity index (χ0) is 13.1. The smallest absolute Gasteiger partial charge is 0.135 e. The summed E-state index contributed by atoms with van der Waals surface area (Å²) in [6.45, 7) is 1.98. The number of hydrogen-bond acceptors (Lipinski definition) is 3. The highest BCUT2D eigenvalue weighted by atomic mass is 79.9. The van der Waals surface area contributed by atoms with E-state index in [2.05, 4.69) is 31.2 Å². The second-order valence-electron chi connectivity index (χ2n) is 3.59. The third-order valence-corrected chi connectivity index (χ3v) is 3.34. The molecule has 0 fully saturated rings. The number of hydrogen-bond donors (Lipinski definition) is 1. The van der Waals surface area contributed by atoms with Gasteiger partial charge in [0.25, 0.3) is 0 Å². The average Bonchev–Trinajstić information content (AvgIpc) is 2.32. The van der Waals surface area contributed by atoms with Crippen molar-refractivity contribution in [3.8, 4) is 0 Å². The first-order chi connectivity index (χ1) is 8.58. The number of benzene rings is 1. The molecule has 0 saturated heterocycles. The molecule has 0 unspecified atom stereocenters. The Morgan fingerprint density at radius 2 is 2.00 bits per heavy atom. The Labute approximate surface area is 124 Å². The molecule has 0 amide bonds. The van der Waals surface area contributed by atoms with Crippen molar-refractivity contribution >= 4 is 50.6 Å². The summed E-state index contributed by atoms with van der Waals surface area (Å²) in [5.74, 6) is 1.37. The molecule has 0 aliphatic rings. The van der Waals surface area contributed by atoms with Gasteiger partial charge in [-0.25, -0.2) is 9.97 Å². The highest BCUT2D eigenvalue weighted by Gasteiger charge is 2.05. The minimum Gasteiger partial charge on any atom is -0.339 e. The Kier molecular flexibility index (Phi) is 4.43. The van der Waals surface area contributed by atoms with Gasteiger partial charge in [0.05, 0.1) is 5.69 Å². The van der Waals surface area contributed by atoms with E-state index in [-0.39, 0.29) is 0 Å². The van der Waals surface area contributed by atoms with Crippen LogP contribution < -0.4 is 5.32 Å². The molecule has 6 heteroatoms. The molecular formula is C12H10BrCl2N3. The number of nitrogens with zero attached hydrogens (tertiary/aromatic N) is 2. The lowest BCUT2D eigenvalue weighted by Gasteiger charge is -2.09. The van der Waals surface area contributed by atoms with Gasteiger partial charge in [0, 0.05) is 22.0 Å². The lowest BCUT2D eigenvalue weighted by Crippen LogP contribution is -2.00. The molecule has 94 valence electrons. The SMILES string of the molecule is CCc1nc(Cl)cc(Nc2ccc(Cl)cc2Br)n1. The summed E-state index contributed by atoms with van der Waals surface area (Å²) in [7, 11) is 0. The normalized spacial score (nSPS) is 10.4. The van der Waals surface area contributed by atoms with Gasteiger partial charge < -0.3 is 5.32 Å². The van der Waals surface area contributed by atoms with Gasteiger partial charge in [-0.2, -0.15) is 0 Å². The van der Waals surface area contributed by atoms with Crippen LogP contribution in [0.25, 0.3) is 0 Å². The maximum atomic E-state index is 5.94. The fourth-order valence-corrected chi connectivity index (χ4v) is 2.40. The zero-order valence-electron chi connectivity index (χ0n) is 9.54. The maximum Gasteiger partial charge on any atom is 0.135 e. The zero-order valence-corrected chi connectivity index (χ0v) is 12.6. The van der Waals surface area contributed by atoms with Gasteiger partial charge in [0.2, 0.25) is 0 Å². The summed E-state index contributed by atoms with van der Waals surface area (Å²) in [6.07, 6.45) is 0.733. The van der Waals surface area contributed by atoms with Crippen LogP contribution in [-0.4, -0.2) is 9.97 Å². The van der Waals surface area contributed by atoms with Crippen molar-refractivity contribution in [2.24, 2.45) is 0 Å². The van der Waals surface area contributed by atoms with Gasteiger partial charge in [-0.15, -0.1) is 0 Å². The predicted octanol–water partition coefficient (Wildman–Crippen LogP) is 4.85. The highest BCUT2D eigenvalue weighted by molar-refractivity contribution is 9.10. The molecule has 0 atom stereocenters. The van der Waals surface area contributed by atoms with Crippen molar-refractivity contribution < 1.29 is 0 Å². The Bertz CT molecular complexity index is 575. The fourth-order valence-electron chi connectivity index (χ4n) is 1.42. The van der Waals surface area contributed by atoms with Gasteiger partial charge in [0.15, 0.2) is 0 Å². The number of aromatic nitrogens is 2. The van der Waals surface area contributed by atoms with E-state index in [1.54, 1.807) is 12.1 Å². The van der Waals surface area contributed by atoms with Gasteiger partial charge in [0.1, 0.15) is 16.8 Å². The first-order valence-electron chi connectivity index (χ1n) is 5.34. The largest absolute Gasteiger partial charge is 0.339 e. The van der Waals surface area contributed by atoms with E-state index >= 15 is 0 Å². The van der Waals surface area contributed by atoms with Crippen LogP contribution in [0.15, 0.2) is 28.7 Å². The first-order valence-corrected chi connectivity index (χ1v) is 6.89. The van der Waals surface area contributed by atoms with E-state index in [0.717, 1.165) is 16.6 Å². The average molecular weight is 347 g/mol. The Morgan fingerprint density at radius 3 is 2.67 bits per heavy atom. The van der Waals surface area contributed by atoms with E-state index in [1.807, 2.05) is 19.1 Å². The van der Waals surface area contributed by atoms with E-state index in [1.165, 1.54) is 0 Å². The van der Waals surface area contributed by atoms with Crippen LogP contribution in [-0.2, 0) is 6.42 Å². The number of halogens is 3. The number of aryl methyl sites for hydroxylation is 1. The Morgan fingerprint density at radius 1 is 1.22 bits per heavy atom. The molecule has 1 N–H and O–H groups in total. The molecule has 0 aliphatic carbocycles. The molecule has 0 bridgehead atoms. The van der Waals surface area contributed by atoms with Crippen LogP contribution in [0.4, 0.5) is 11.5 Å². The minimum atomic E-state index is 0.425. The quantitative estimate of drug-likeness (QED) is 0.807. The highest BCUT2D eigenvalue weighted by Crippen LogP contribution is 2.28. The Hall–Kier alpha value is -0.840. The van der Waals surface area contributed by atoms with Gasteiger partial charge in [-0.05, 0) is 34.1 Å². The van der Waals surface area contributed by atoms with Crippen molar-refractivity contribution in [2.45, 2.75) is 13.3 Å². The molecule has 2 rings (SSSR count). The second-order valence-corrected chi connectivity index (χ2v) is 5.27. The molecule has 2 aromatic rings. The molecule has 18 heavy (non-hydrogen) atoms. The summed E-state index contributed by atoms with van der Waals surface area (Å²) in [4.78, 5) is 8.46. The lowest BCUT2D eigenvalue weighted by atomic mass is 10.3. The first kappa shape index (κ1) is 13.6. The summed E-state index contributed by atoms with van der Waals surface area (Å²) in [6, 6.07) is 7.17. The van der Waals surface area contributed by atoms with E-state index in [9.17, 15) is 0 Å². The van der Waals surface area contributed by atoms with Gasteiger partial charge >= 0.3 is 0 Å². The maximum absolute atomic E-state index is 5.94. The topological polar surface area (TPSA) is 37.8 Å². The van der Waals surface area contributed by atoms with Crippen molar-refractivity contribution in [1.29, 1.82) is 0 Å². The molecule has 0 radical (unpaired) electrons. The van der Waals surface area contributed by atoms with Crippen molar-refractivity contribution in [2.75, 3.05) is 5.32 Å². The molecule has 3 nitrogen and oxygen atoms in total. The van der Waals surface area contributed by atoms with Crippen LogP contribution in [0.1, 0.15) is 12.7 Å². The molecule has 1 heterocycles. The number of rotatable bonds is 3. The van der Waals surface area contributed by atoms with Crippen molar-refractivity contribution in [3.63, 3.8) is 0 Å². The summed E-state index contributed by atoms with van der Waals surface area (Å²) in [5, 5.41) is 4.27. The van der Waals surface area contributed by atoms with E-state index < -0.39 is 0 Å². The van der Waals surface area contributed by atoms with Crippen LogP contribution in [0.3, 0.4) is 0 Å². The monoisotopic (exact) mass is 345 g/mol. The molecule has 0 saturated carbocycles. The van der Waals surface area contributed by atoms with Crippen LogP contribution in [0.2, 0.25) is 10.2 Å². The minimum absolute atomic E-state index is 0.425. The van der Waals surface area contributed by atoms with Crippen LogP contribution >= 0.6 is 39.1 Å². The van der Waals surface area contributed by atoms with E-state index in [0.29, 0.717) is 21.8 Å². The summed E-state index contributed by atoms with van der Waals surface area (Å²) >= 11 is 15.3.